The summed E-state index contributed by atoms with van der Waals surface area (Å²) in [6, 6.07) is 10.4. The van der Waals surface area contributed by atoms with Crippen LogP contribution in [0.2, 0.25) is 0 Å². The first-order valence-electron chi connectivity index (χ1n) is 8.07. The van der Waals surface area contributed by atoms with Crippen LogP contribution >= 0.6 is 15.9 Å². The highest BCUT2D eigenvalue weighted by Crippen LogP contribution is 2.33. The van der Waals surface area contributed by atoms with Crippen molar-refractivity contribution in [1.82, 2.24) is 9.80 Å². The molecule has 0 spiro atoms. The quantitative estimate of drug-likeness (QED) is 0.908. The first kappa shape index (κ1) is 15.5. The highest BCUT2D eigenvalue weighted by atomic mass is 79.9. The van der Waals surface area contributed by atoms with Gasteiger partial charge in [0.15, 0.2) is 0 Å². The van der Waals surface area contributed by atoms with Crippen LogP contribution in [0.4, 0.5) is 0 Å². The monoisotopic (exact) mass is 351 g/mol. The van der Waals surface area contributed by atoms with E-state index in [1.165, 1.54) is 31.5 Å². The number of halogens is 1. The van der Waals surface area contributed by atoms with Crippen molar-refractivity contribution < 1.29 is 0 Å². The van der Waals surface area contributed by atoms with Gasteiger partial charge in [-0.2, -0.15) is 0 Å². The van der Waals surface area contributed by atoms with Crippen LogP contribution in [0.3, 0.4) is 0 Å². The summed E-state index contributed by atoms with van der Waals surface area (Å²) in [5, 5.41) is 0. The fourth-order valence-electron chi connectivity index (χ4n) is 4.05. The molecular weight excluding hydrogens is 326 g/mol. The lowest BCUT2D eigenvalue weighted by Gasteiger charge is -2.47. The van der Waals surface area contributed by atoms with Crippen molar-refractivity contribution >= 4 is 15.9 Å². The van der Waals surface area contributed by atoms with Crippen LogP contribution in [0.15, 0.2) is 28.7 Å². The van der Waals surface area contributed by atoms with E-state index in [-0.39, 0.29) is 6.04 Å². The van der Waals surface area contributed by atoms with Crippen molar-refractivity contribution in [3.8, 4) is 0 Å². The number of fused-ring (bicyclic) bond motifs is 1. The maximum absolute atomic E-state index is 6.37. The van der Waals surface area contributed by atoms with Crippen molar-refractivity contribution in [2.45, 2.75) is 50.9 Å². The zero-order chi connectivity index (χ0) is 15.0. The van der Waals surface area contributed by atoms with E-state index in [1.54, 1.807) is 0 Å². The molecule has 1 aromatic rings. The SMILES string of the molecule is CC(N)C(c1ccc(Br)cc1)N1CC2CCCN2CC1C. The molecule has 0 amide bonds. The van der Waals surface area contributed by atoms with E-state index in [1.807, 2.05) is 0 Å². The van der Waals surface area contributed by atoms with Gasteiger partial charge in [0.25, 0.3) is 0 Å². The van der Waals surface area contributed by atoms with Gasteiger partial charge in [0.2, 0.25) is 0 Å². The third-order valence-corrected chi connectivity index (χ3v) is 5.58. The van der Waals surface area contributed by atoms with Gasteiger partial charge in [-0.05, 0) is 50.9 Å². The van der Waals surface area contributed by atoms with Gasteiger partial charge in [0.05, 0.1) is 6.04 Å². The summed E-state index contributed by atoms with van der Waals surface area (Å²) in [5.74, 6) is 0. The number of hydrogen-bond donors (Lipinski definition) is 1. The average Bonchev–Trinajstić information content (AvgIpc) is 2.88. The number of hydrogen-bond acceptors (Lipinski definition) is 3. The van der Waals surface area contributed by atoms with Crippen molar-refractivity contribution in [1.29, 1.82) is 0 Å². The van der Waals surface area contributed by atoms with Crippen LogP contribution in [0.5, 0.6) is 0 Å². The lowest BCUT2D eigenvalue weighted by molar-refractivity contribution is 0.0206. The maximum atomic E-state index is 6.37. The summed E-state index contributed by atoms with van der Waals surface area (Å²) in [7, 11) is 0. The minimum absolute atomic E-state index is 0.140. The van der Waals surface area contributed by atoms with E-state index in [2.05, 4.69) is 63.8 Å². The van der Waals surface area contributed by atoms with E-state index >= 15 is 0 Å². The normalized spacial score (nSPS) is 30.1. The van der Waals surface area contributed by atoms with E-state index in [4.69, 9.17) is 5.73 Å². The molecular formula is C17H26BrN3. The Morgan fingerprint density at radius 1 is 1.24 bits per heavy atom. The predicted molar refractivity (Wildman–Crippen MR) is 91.3 cm³/mol. The fourth-order valence-corrected chi connectivity index (χ4v) is 4.32. The lowest BCUT2D eigenvalue weighted by Crippen LogP contribution is -2.57. The molecule has 3 rings (SSSR count). The van der Waals surface area contributed by atoms with Crippen molar-refractivity contribution in [3.05, 3.63) is 34.3 Å². The molecule has 4 heteroatoms. The van der Waals surface area contributed by atoms with Gasteiger partial charge in [-0.25, -0.2) is 0 Å². The summed E-state index contributed by atoms with van der Waals surface area (Å²) in [5.41, 5.74) is 7.71. The van der Waals surface area contributed by atoms with Crippen molar-refractivity contribution in [2.24, 2.45) is 5.73 Å². The van der Waals surface area contributed by atoms with Crippen molar-refractivity contribution in [3.63, 3.8) is 0 Å². The smallest absolute Gasteiger partial charge is 0.0500 e. The summed E-state index contributed by atoms with van der Waals surface area (Å²) in [6.07, 6.45) is 2.70. The van der Waals surface area contributed by atoms with Crippen LogP contribution in [0, 0.1) is 0 Å². The minimum atomic E-state index is 0.140. The molecule has 0 radical (unpaired) electrons. The summed E-state index contributed by atoms with van der Waals surface area (Å²) in [4.78, 5) is 5.31. The number of nitrogens with zero attached hydrogens (tertiary/aromatic N) is 2. The third-order valence-electron chi connectivity index (χ3n) is 5.05. The molecule has 0 aromatic heterocycles. The van der Waals surface area contributed by atoms with E-state index in [0.717, 1.165) is 17.1 Å². The highest BCUT2D eigenvalue weighted by molar-refractivity contribution is 9.10. The third kappa shape index (κ3) is 3.19. The van der Waals surface area contributed by atoms with E-state index in [9.17, 15) is 0 Å². The minimum Gasteiger partial charge on any atom is -0.326 e. The highest BCUT2D eigenvalue weighted by Gasteiger charge is 2.38. The molecule has 2 saturated heterocycles. The zero-order valence-corrected chi connectivity index (χ0v) is 14.6. The molecule has 21 heavy (non-hydrogen) atoms. The Bertz CT molecular complexity index is 473. The van der Waals surface area contributed by atoms with Gasteiger partial charge in [-0.15, -0.1) is 0 Å². The Morgan fingerprint density at radius 3 is 2.62 bits per heavy atom. The van der Waals surface area contributed by atoms with Crippen LogP contribution in [0.1, 0.15) is 38.3 Å². The Hall–Kier alpha value is -0.420. The Kier molecular flexibility index (Phi) is 4.69. The molecule has 2 fully saturated rings. The molecule has 3 nitrogen and oxygen atoms in total. The molecule has 4 unspecified atom stereocenters. The first-order chi connectivity index (χ1) is 10.1. The molecule has 116 valence electrons. The van der Waals surface area contributed by atoms with Crippen LogP contribution in [-0.4, -0.2) is 47.6 Å². The van der Waals surface area contributed by atoms with Crippen molar-refractivity contribution in [2.75, 3.05) is 19.6 Å². The van der Waals surface area contributed by atoms with Crippen LogP contribution in [0.25, 0.3) is 0 Å². The van der Waals surface area contributed by atoms with Gasteiger partial charge in [-0.1, -0.05) is 28.1 Å². The van der Waals surface area contributed by atoms with Gasteiger partial charge in [-0.3, -0.25) is 9.80 Å². The first-order valence-corrected chi connectivity index (χ1v) is 8.86. The van der Waals surface area contributed by atoms with Gasteiger partial charge < -0.3 is 5.73 Å². The van der Waals surface area contributed by atoms with Gasteiger partial charge >= 0.3 is 0 Å². The van der Waals surface area contributed by atoms with Crippen LogP contribution < -0.4 is 5.73 Å². The summed E-state index contributed by atoms with van der Waals surface area (Å²) >= 11 is 3.52. The molecule has 4 atom stereocenters. The second kappa shape index (κ2) is 6.37. The molecule has 2 aliphatic rings. The largest absolute Gasteiger partial charge is 0.326 e. The predicted octanol–water partition coefficient (Wildman–Crippen LogP) is 3.01. The van der Waals surface area contributed by atoms with Gasteiger partial charge in [0.1, 0.15) is 0 Å². The second-order valence-corrected chi connectivity index (χ2v) is 7.61. The number of nitrogens with two attached hydrogens (primary N) is 1. The summed E-state index contributed by atoms with van der Waals surface area (Å²) in [6.45, 7) is 8.11. The molecule has 2 aliphatic heterocycles. The zero-order valence-electron chi connectivity index (χ0n) is 13.0. The molecule has 0 bridgehead atoms. The number of piperazine rings is 1. The van der Waals surface area contributed by atoms with Crippen LogP contribution in [-0.2, 0) is 0 Å². The average molecular weight is 352 g/mol. The molecule has 0 aliphatic carbocycles. The maximum Gasteiger partial charge on any atom is 0.0500 e. The lowest BCUT2D eigenvalue weighted by atomic mass is 9.95. The number of rotatable bonds is 3. The molecule has 2 heterocycles. The Labute approximate surface area is 136 Å². The molecule has 2 N–H and O–H groups in total. The molecule has 0 saturated carbocycles. The standard InChI is InChI=1S/C17H26BrN3/c1-12-10-20-9-3-4-16(20)11-21(12)17(13(2)19)14-5-7-15(18)8-6-14/h5-8,12-13,16-17H,3-4,9-11,19H2,1-2H3. The van der Waals surface area contributed by atoms with E-state index in [0.29, 0.717) is 12.1 Å². The van der Waals surface area contributed by atoms with E-state index < -0.39 is 0 Å². The molecule has 1 aromatic carbocycles. The second-order valence-electron chi connectivity index (χ2n) is 6.69. The topological polar surface area (TPSA) is 32.5 Å². The Balaban J connectivity index is 1.84. The fraction of sp³-hybridized carbons (Fsp3) is 0.647. The Morgan fingerprint density at radius 2 is 1.95 bits per heavy atom. The number of benzene rings is 1. The van der Waals surface area contributed by atoms with Gasteiger partial charge in [0, 0.05) is 35.7 Å². The summed E-state index contributed by atoms with van der Waals surface area (Å²) < 4.78 is 1.13.